The van der Waals surface area contributed by atoms with E-state index in [1.807, 2.05) is 4.57 Å². The molecule has 4 rings (SSSR count). The first-order valence-electron chi connectivity index (χ1n) is 8.20. The van der Waals surface area contributed by atoms with Crippen molar-refractivity contribution < 1.29 is 9.50 Å². The van der Waals surface area contributed by atoms with E-state index in [1.54, 1.807) is 43.1 Å². The van der Waals surface area contributed by atoms with Crippen LogP contribution in [0.3, 0.4) is 0 Å². The highest BCUT2D eigenvalue weighted by Gasteiger charge is 2.62. The predicted molar refractivity (Wildman–Crippen MR) is 100 cm³/mol. The summed E-state index contributed by atoms with van der Waals surface area (Å²) < 4.78 is 16.1. The minimum atomic E-state index is -1.30. The Morgan fingerprint density at radius 2 is 2.04 bits per heavy atom. The molecule has 1 aliphatic rings. The van der Waals surface area contributed by atoms with Crippen molar-refractivity contribution in [3.63, 3.8) is 0 Å². The Morgan fingerprint density at radius 3 is 2.62 bits per heavy atom. The molecule has 1 aliphatic carbocycles. The van der Waals surface area contributed by atoms with Crippen LogP contribution in [-0.4, -0.2) is 19.6 Å². The van der Waals surface area contributed by atoms with Crippen molar-refractivity contribution in [2.24, 2.45) is 0 Å². The quantitative estimate of drug-likeness (QED) is 0.643. The van der Waals surface area contributed by atoms with Gasteiger partial charge in [-0.2, -0.15) is 0 Å². The first-order chi connectivity index (χ1) is 12.4. The lowest BCUT2D eigenvalue weighted by molar-refractivity contribution is -0.0230. The summed E-state index contributed by atoms with van der Waals surface area (Å²) >= 11 is 9.84. The molecule has 2 heterocycles. The van der Waals surface area contributed by atoms with Crippen LogP contribution >= 0.6 is 27.5 Å². The average molecular weight is 437 g/mol. The standard InChI is InChI=1S/C19H16BrClFN3O/c20-14-9-16(21)17(24-10-14)18(5-6-18)19(26,11-25-8-7-23-12-25)13-1-3-15(22)4-2-13/h1-4,7-10,12,26H,5-6,11H2. The average Bonchev–Trinajstić information content (AvgIpc) is 3.26. The lowest BCUT2D eigenvalue weighted by atomic mass is 9.76. The number of aliphatic hydroxyl groups is 1. The maximum atomic E-state index is 13.5. The van der Waals surface area contributed by atoms with Crippen LogP contribution < -0.4 is 0 Å². The molecule has 1 aromatic carbocycles. The van der Waals surface area contributed by atoms with E-state index in [0.717, 1.165) is 17.3 Å². The smallest absolute Gasteiger partial charge is 0.123 e. The van der Waals surface area contributed by atoms with Crippen LogP contribution in [0, 0.1) is 5.82 Å². The Labute approximate surface area is 163 Å². The van der Waals surface area contributed by atoms with Gasteiger partial charge in [-0.3, -0.25) is 4.98 Å². The van der Waals surface area contributed by atoms with Crippen LogP contribution in [0.5, 0.6) is 0 Å². The number of hydrogen-bond acceptors (Lipinski definition) is 3. The molecule has 7 heteroatoms. The van der Waals surface area contributed by atoms with Crippen LogP contribution in [-0.2, 0) is 17.6 Å². The molecule has 1 unspecified atom stereocenters. The van der Waals surface area contributed by atoms with Crippen LogP contribution in [0.25, 0.3) is 0 Å². The topological polar surface area (TPSA) is 50.9 Å². The molecule has 1 fully saturated rings. The van der Waals surface area contributed by atoms with E-state index >= 15 is 0 Å². The fourth-order valence-electron chi connectivity index (χ4n) is 3.63. The lowest BCUT2D eigenvalue weighted by Gasteiger charge is -2.37. The first kappa shape index (κ1) is 17.6. The van der Waals surface area contributed by atoms with Crippen LogP contribution in [0.15, 0.2) is 59.7 Å². The Balaban J connectivity index is 1.86. The van der Waals surface area contributed by atoms with E-state index in [2.05, 4.69) is 25.9 Å². The second-order valence-corrected chi connectivity index (χ2v) is 7.99. The zero-order valence-electron chi connectivity index (χ0n) is 13.7. The van der Waals surface area contributed by atoms with Crippen molar-refractivity contribution in [2.45, 2.75) is 30.4 Å². The Hall–Kier alpha value is -1.76. The van der Waals surface area contributed by atoms with Crippen molar-refractivity contribution >= 4 is 27.5 Å². The van der Waals surface area contributed by atoms with E-state index in [9.17, 15) is 9.50 Å². The van der Waals surface area contributed by atoms with Crippen molar-refractivity contribution in [3.05, 3.63) is 81.8 Å². The number of pyridine rings is 1. The van der Waals surface area contributed by atoms with Crippen LogP contribution in [0.4, 0.5) is 4.39 Å². The van der Waals surface area contributed by atoms with Gasteiger partial charge in [0, 0.05) is 28.5 Å². The third kappa shape index (κ3) is 2.86. The van der Waals surface area contributed by atoms with Gasteiger partial charge < -0.3 is 9.67 Å². The molecule has 2 aromatic heterocycles. The molecule has 1 atom stereocenters. The summed E-state index contributed by atoms with van der Waals surface area (Å²) in [5.74, 6) is -0.344. The lowest BCUT2D eigenvalue weighted by Crippen LogP contribution is -2.44. The van der Waals surface area contributed by atoms with Gasteiger partial charge in [0.15, 0.2) is 0 Å². The summed E-state index contributed by atoms with van der Waals surface area (Å²) in [6, 6.07) is 7.76. The van der Waals surface area contributed by atoms with Gasteiger partial charge in [0.1, 0.15) is 11.4 Å². The van der Waals surface area contributed by atoms with Gasteiger partial charge in [0.25, 0.3) is 0 Å². The summed E-state index contributed by atoms with van der Waals surface area (Å²) in [6.45, 7) is 0.271. The van der Waals surface area contributed by atoms with Gasteiger partial charge >= 0.3 is 0 Å². The van der Waals surface area contributed by atoms with Crippen molar-refractivity contribution in [3.8, 4) is 0 Å². The monoisotopic (exact) mass is 435 g/mol. The van der Waals surface area contributed by atoms with Gasteiger partial charge in [-0.1, -0.05) is 23.7 Å². The fraction of sp³-hybridized carbons (Fsp3) is 0.263. The zero-order valence-corrected chi connectivity index (χ0v) is 16.1. The zero-order chi connectivity index (χ0) is 18.4. The molecule has 26 heavy (non-hydrogen) atoms. The molecule has 0 amide bonds. The largest absolute Gasteiger partial charge is 0.382 e. The maximum Gasteiger partial charge on any atom is 0.123 e. The number of benzene rings is 1. The molecular formula is C19H16BrClFN3O. The molecule has 0 spiro atoms. The summed E-state index contributed by atoms with van der Waals surface area (Å²) in [7, 11) is 0. The van der Waals surface area contributed by atoms with Gasteiger partial charge in [-0.15, -0.1) is 0 Å². The highest BCUT2D eigenvalue weighted by molar-refractivity contribution is 9.10. The van der Waals surface area contributed by atoms with E-state index in [1.165, 1.54) is 12.1 Å². The van der Waals surface area contributed by atoms with Crippen molar-refractivity contribution in [2.75, 3.05) is 0 Å². The molecule has 0 saturated heterocycles. The highest BCUT2D eigenvalue weighted by atomic mass is 79.9. The van der Waals surface area contributed by atoms with Gasteiger partial charge in [-0.25, -0.2) is 9.37 Å². The Kier molecular flexibility index (Phi) is 4.37. The van der Waals surface area contributed by atoms with Gasteiger partial charge in [-0.05, 0) is 52.5 Å². The van der Waals surface area contributed by atoms with Crippen molar-refractivity contribution in [1.29, 1.82) is 0 Å². The summed E-state index contributed by atoms with van der Waals surface area (Å²) in [5, 5.41) is 12.4. The molecule has 1 N–H and O–H groups in total. The maximum absolute atomic E-state index is 13.5. The second-order valence-electron chi connectivity index (χ2n) is 6.67. The van der Waals surface area contributed by atoms with Crippen LogP contribution in [0.2, 0.25) is 5.02 Å². The number of hydrogen-bond donors (Lipinski definition) is 1. The third-order valence-electron chi connectivity index (χ3n) is 5.10. The molecule has 0 aliphatic heterocycles. The molecule has 134 valence electrons. The second kappa shape index (κ2) is 6.44. The number of nitrogens with zero attached hydrogens (tertiary/aromatic N) is 3. The predicted octanol–water partition coefficient (Wildman–Crippen LogP) is 4.45. The molecule has 0 radical (unpaired) electrons. The molecule has 3 aromatic rings. The van der Waals surface area contributed by atoms with Crippen molar-refractivity contribution in [1.82, 2.24) is 14.5 Å². The molecule has 1 saturated carbocycles. The highest BCUT2D eigenvalue weighted by Crippen LogP contribution is 2.61. The molecule has 0 bridgehead atoms. The number of rotatable bonds is 5. The van der Waals surface area contributed by atoms with Gasteiger partial charge in [0.2, 0.25) is 0 Å². The first-order valence-corrected chi connectivity index (χ1v) is 9.37. The summed E-state index contributed by atoms with van der Waals surface area (Å²) in [4.78, 5) is 8.58. The molecular weight excluding hydrogens is 421 g/mol. The summed E-state index contributed by atoms with van der Waals surface area (Å²) in [6.07, 6.45) is 8.27. The minimum Gasteiger partial charge on any atom is -0.382 e. The summed E-state index contributed by atoms with van der Waals surface area (Å²) in [5.41, 5.74) is -0.640. The van der Waals surface area contributed by atoms with E-state index in [0.29, 0.717) is 16.3 Å². The van der Waals surface area contributed by atoms with E-state index in [-0.39, 0.29) is 12.4 Å². The number of halogens is 3. The van der Waals surface area contributed by atoms with E-state index < -0.39 is 11.0 Å². The number of imidazole rings is 1. The van der Waals surface area contributed by atoms with Crippen LogP contribution in [0.1, 0.15) is 24.1 Å². The minimum absolute atomic E-state index is 0.271. The SMILES string of the molecule is OC(Cn1ccnc1)(c1ccc(F)cc1)C1(c2ncc(Br)cc2Cl)CC1. The third-order valence-corrected chi connectivity index (χ3v) is 5.82. The van der Waals surface area contributed by atoms with Gasteiger partial charge in [0.05, 0.1) is 23.6 Å². The van der Waals surface area contributed by atoms with E-state index in [4.69, 9.17) is 11.6 Å². The Bertz CT molecular complexity index is 928. The molecule has 4 nitrogen and oxygen atoms in total. The number of aromatic nitrogens is 3. The normalized spacial score (nSPS) is 17.7. The Morgan fingerprint density at radius 1 is 1.31 bits per heavy atom. The fourth-order valence-corrected chi connectivity index (χ4v) is 4.44.